The quantitative estimate of drug-likeness (QED) is 0.712. The van der Waals surface area contributed by atoms with Crippen LogP contribution in [0.2, 0.25) is 0 Å². The second-order valence-electron chi connectivity index (χ2n) is 7.60. The first-order valence-electron chi connectivity index (χ1n) is 9.68. The van der Waals surface area contributed by atoms with E-state index in [1.165, 1.54) is 11.0 Å². The van der Waals surface area contributed by atoms with Gasteiger partial charge in [-0.05, 0) is 25.5 Å². The molecule has 1 aromatic rings. The Kier molecular flexibility index (Phi) is 5.78. The van der Waals surface area contributed by atoms with Crippen LogP contribution >= 0.6 is 12.2 Å². The lowest BCUT2D eigenvalue weighted by molar-refractivity contribution is -0.119. The van der Waals surface area contributed by atoms with E-state index in [0.29, 0.717) is 32.0 Å². The van der Waals surface area contributed by atoms with E-state index >= 15 is 0 Å². The van der Waals surface area contributed by atoms with Crippen molar-refractivity contribution in [3.8, 4) is 0 Å². The van der Waals surface area contributed by atoms with E-state index in [-0.39, 0.29) is 35.3 Å². The molecule has 29 heavy (non-hydrogen) atoms. The minimum Gasteiger partial charge on any atom is -0.379 e. The van der Waals surface area contributed by atoms with E-state index < -0.39 is 30.1 Å². The molecule has 4 unspecified atom stereocenters. The normalized spacial score (nSPS) is 30.2. The zero-order valence-corrected chi connectivity index (χ0v) is 16.8. The van der Waals surface area contributed by atoms with Gasteiger partial charge in [-0.2, -0.15) is 0 Å². The van der Waals surface area contributed by atoms with Crippen molar-refractivity contribution in [3.05, 3.63) is 29.3 Å². The number of thiocarbonyl (C=S) groups is 1. The highest BCUT2D eigenvalue weighted by atomic mass is 32.1. The summed E-state index contributed by atoms with van der Waals surface area (Å²) >= 11 is 5.16. The van der Waals surface area contributed by atoms with Crippen LogP contribution in [-0.2, 0) is 16.0 Å². The highest BCUT2D eigenvalue weighted by Crippen LogP contribution is 2.35. The second-order valence-corrected chi connectivity index (χ2v) is 8.04. The average Bonchev–Trinajstić information content (AvgIpc) is 3.05. The Morgan fingerprint density at radius 1 is 1.31 bits per heavy atom. The van der Waals surface area contributed by atoms with Gasteiger partial charge in [-0.1, -0.05) is 12.2 Å². The van der Waals surface area contributed by atoms with Gasteiger partial charge in [-0.25, -0.2) is 13.2 Å². The molecule has 10 heteroatoms. The van der Waals surface area contributed by atoms with Gasteiger partial charge in [0.05, 0.1) is 31.5 Å². The summed E-state index contributed by atoms with van der Waals surface area (Å²) in [6.45, 7) is 3.96. The lowest BCUT2D eigenvalue weighted by atomic mass is 10.1. The minimum absolute atomic E-state index is 0.00350. The predicted molar refractivity (Wildman–Crippen MR) is 105 cm³/mol. The van der Waals surface area contributed by atoms with Gasteiger partial charge >= 0.3 is 0 Å². The summed E-state index contributed by atoms with van der Waals surface area (Å²) in [6, 6.07) is 2.16. The summed E-state index contributed by atoms with van der Waals surface area (Å²) in [5.41, 5.74) is 0.592. The molecule has 3 aliphatic heterocycles. The lowest BCUT2D eigenvalue weighted by Gasteiger charge is -2.43. The van der Waals surface area contributed by atoms with Gasteiger partial charge in [0, 0.05) is 24.7 Å². The molecule has 2 saturated heterocycles. The van der Waals surface area contributed by atoms with Crippen molar-refractivity contribution in [2.24, 2.45) is 0 Å². The molecule has 158 valence electrons. The van der Waals surface area contributed by atoms with Gasteiger partial charge in [-0.3, -0.25) is 15.0 Å². The van der Waals surface area contributed by atoms with Crippen molar-refractivity contribution < 1.29 is 22.7 Å². The number of alkyl halides is 1. The number of rotatable bonds is 3. The number of anilines is 1. The van der Waals surface area contributed by atoms with Crippen molar-refractivity contribution in [1.82, 2.24) is 15.5 Å². The van der Waals surface area contributed by atoms with Crippen LogP contribution in [-0.4, -0.2) is 66.6 Å². The van der Waals surface area contributed by atoms with E-state index in [0.717, 1.165) is 6.07 Å². The zero-order valence-electron chi connectivity index (χ0n) is 16.0. The van der Waals surface area contributed by atoms with Crippen molar-refractivity contribution >= 4 is 28.8 Å². The third-order valence-corrected chi connectivity index (χ3v) is 6.02. The molecule has 6 nitrogen and oxygen atoms in total. The Morgan fingerprint density at radius 2 is 2.03 bits per heavy atom. The molecule has 3 aliphatic rings. The maximum absolute atomic E-state index is 14.7. The third kappa shape index (κ3) is 3.86. The summed E-state index contributed by atoms with van der Waals surface area (Å²) in [7, 11) is 0. The third-order valence-electron chi connectivity index (χ3n) is 5.67. The number of carbonyl (C=O) groups excluding carboxylic acids is 1. The van der Waals surface area contributed by atoms with E-state index in [1.54, 1.807) is 6.92 Å². The molecule has 1 amide bonds. The number of amides is 1. The number of hydrogen-bond acceptors (Lipinski definition) is 5. The fourth-order valence-electron chi connectivity index (χ4n) is 4.26. The van der Waals surface area contributed by atoms with Crippen LogP contribution in [0, 0.1) is 11.6 Å². The summed E-state index contributed by atoms with van der Waals surface area (Å²) < 4.78 is 47.6. The molecule has 4 rings (SSSR count). The van der Waals surface area contributed by atoms with Crippen molar-refractivity contribution in [2.75, 3.05) is 31.2 Å². The summed E-state index contributed by atoms with van der Waals surface area (Å²) in [5.74, 6) is -2.10. The van der Waals surface area contributed by atoms with Gasteiger partial charge in [0.25, 0.3) is 0 Å². The van der Waals surface area contributed by atoms with Gasteiger partial charge in [0.1, 0.15) is 11.2 Å². The molecule has 1 aromatic carbocycles. The van der Waals surface area contributed by atoms with E-state index in [1.807, 2.05) is 4.90 Å². The number of nitrogens with one attached hydrogen (secondary N) is 2. The first kappa shape index (κ1) is 20.5. The monoisotopic (exact) mass is 428 g/mol. The number of ether oxygens (including phenoxy) is 1. The van der Waals surface area contributed by atoms with Crippen LogP contribution in [0.5, 0.6) is 0 Å². The van der Waals surface area contributed by atoms with Crippen molar-refractivity contribution in [2.45, 2.75) is 44.3 Å². The Labute approximate surface area is 172 Å². The van der Waals surface area contributed by atoms with Gasteiger partial charge < -0.3 is 15.0 Å². The summed E-state index contributed by atoms with van der Waals surface area (Å²) in [5, 5.41) is 5.99. The van der Waals surface area contributed by atoms with Crippen LogP contribution in [0.4, 0.5) is 18.9 Å². The summed E-state index contributed by atoms with van der Waals surface area (Å²) in [6.07, 6.45) is -2.34. The SMILES string of the molecule is CC1Cc2c(ccc(F)c2F)N1C(=O)CC1NC(=S)C(F)C(N2CCOCC2)N1. The maximum atomic E-state index is 14.7. The first-order valence-corrected chi connectivity index (χ1v) is 10.1. The molecule has 0 aliphatic carbocycles. The smallest absolute Gasteiger partial charge is 0.230 e. The molecule has 0 aromatic heterocycles. The Balaban J connectivity index is 1.48. The Morgan fingerprint density at radius 3 is 2.76 bits per heavy atom. The van der Waals surface area contributed by atoms with Crippen LogP contribution < -0.4 is 15.5 Å². The highest BCUT2D eigenvalue weighted by molar-refractivity contribution is 7.80. The number of halogens is 3. The molecular formula is C19H23F3N4O2S. The second kappa shape index (κ2) is 8.17. The first-order chi connectivity index (χ1) is 13.9. The van der Waals surface area contributed by atoms with Gasteiger partial charge in [0.15, 0.2) is 17.8 Å². The fraction of sp³-hybridized carbons (Fsp3) is 0.579. The van der Waals surface area contributed by atoms with Crippen LogP contribution in [0.3, 0.4) is 0 Å². The lowest BCUT2D eigenvalue weighted by Crippen LogP contribution is -2.69. The van der Waals surface area contributed by atoms with Gasteiger partial charge in [-0.15, -0.1) is 0 Å². The Hall–Kier alpha value is -1.75. The van der Waals surface area contributed by atoms with Crippen LogP contribution in [0.15, 0.2) is 12.1 Å². The molecule has 0 bridgehead atoms. The minimum atomic E-state index is -1.39. The van der Waals surface area contributed by atoms with Crippen molar-refractivity contribution in [3.63, 3.8) is 0 Å². The zero-order chi connectivity index (χ0) is 20.7. The highest BCUT2D eigenvalue weighted by Gasteiger charge is 2.40. The molecule has 2 fully saturated rings. The number of morpholine rings is 1. The number of benzene rings is 1. The van der Waals surface area contributed by atoms with E-state index in [9.17, 15) is 18.0 Å². The van der Waals surface area contributed by atoms with Crippen LogP contribution in [0.25, 0.3) is 0 Å². The molecule has 0 spiro atoms. The molecule has 0 radical (unpaired) electrons. The topological polar surface area (TPSA) is 56.8 Å². The maximum Gasteiger partial charge on any atom is 0.230 e. The summed E-state index contributed by atoms with van der Waals surface area (Å²) in [4.78, 5) is 16.5. The van der Waals surface area contributed by atoms with Crippen LogP contribution in [0.1, 0.15) is 18.9 Å². The molecule has 2 N–H and O–H groups in total. The average molecular weight is 428 g/mol. The molecule has 3 heterocycles. The predicted octanol–water partition coefficient (Wildman–Crippen LogP) is 1.48. The molecule has 4 atom stereocenters. The fourth-order valence-corrected chi connectivity index (χ4v) is 4.53. The molecule has 0 saturated carbocycles. The number of nitrogens with zero attached hydrogens (tertiary/aromatic N) is 2. The van der Waals surface area contributed by atoms with Crippen molar-refractivity contribution in [1.29, 1.82) is 0 Å². The van der Waals surface area contributed by atoms with E-state index in [2.05, 4.69) is 10.6 Å². The standard InChI is InChI=1S/C19H23F3N4O2S/c1-10-8-11-13(3-2-12(20)16(11)21)26(10)15(27)9-14-23-18(17(22)19(29)24-14)25-4-6-28-7-5-25/h2-3,10,14,17-18,23H,4-9H2,1H3,(H,24,29). The number of hydrogen-bond donors (Lipinski definition) is 2. The number of fused-ring (bicyclic) bond motifs is 1. The van der Waals surface area contributed by atoms with E-state index in [4.69, 9.17) is 17.0 Å². The Bertz CT molecular complexity index is 821. The molecular weight excluding hydrogens is 405 g/mol. The largest absolute Gasteiger partial charge is 0.379 e. The van der Waals surface area contributed by atoms with Gasteiger partial charge in [0.2, 0.25) is 5.91 Å². The number of carbonyl (C=O) groups is 1.